The Labute approximate surface area is 109 Å². The van der Waals surface area contributed by atoms with Gasteiger partial charge in [0, 0.05) is 24.9 Å². The van der Waals surface area contributed by atoms with Crippen LogP contribution in [0.5, 0.6) is 11.5 Å². The van der Waals surface area contributed by atoms with Gasteiger partial charge in [-0.25, -0.2) is 0 Å². The summed E-state index contributed by atoms with van der Waals surface area (Å²) in [6, 6.07) is 7.33. The molecule has 0 spiro atoms. The summed E-state index contributed by atoms with van der Waals surface area (Å²) < 4.78 is 10.6. The second-order valence-electron chi connectivity index (χ2n) is 3.94. The maximum Gasteiger partial charge on any atom is 0.231 e. The summed E-state index contributed by atoms with van der Waals surface area (Å²) in [5, 5.41) is 6.06. The van der Waals surface area contributed by atoms with Crippen LogP contribution in [0.4, 0.5) is 23.3 Å². The summed E-state index contributed by atoms with van der Waals surface area (Å²) in [4.78, 5) is 8.14. The molecule has 3 rings (SSSR count). The van der Waals surface area contributed by atoms with Gasteiger partial charge in [0.25, 0.3) is 0 Å². The average molecular weight is 259 g/mol. The fraction of sp³-hybridized carbons (Fsp3) is 0.167. The number of rotatable bonds is 3. The molecule has 1 aromatic heterocycles. The number of hydrogen-bond acceptors (Lipinski definition) is 7. The topological polar surface area (TPSA) is 94.3 Å². The van der Waals surface area contributed by atoms with E-state index in [1.807, 2.05) is 18.2 Å². The summed E-state index contributed by atoms with van der Waals surface area (Å²) >= 11 is 0. The zero-order valence-corrected chi connectivity index (χ0v) is 10.3. The van der Waals surface area contributed by atoms with E-state index >= 15 is 0 Å². The minimum atomic E-state index is 0.204. The Morgan fingerprint density at radius 1 is 1.11 bits per heavy atom. The number of nitrogen functional groups attached to an aromatic ring is 1. The van der Waals surface area contributed by atoms with E-state index in [0.29, 0.717) is 17.4 Å². The van der Waals surface area contributed by atoms with Crippen molar-refractivity contribution in [1.82, 2.24) is 9.97 Å². The van der Waals surface area contributed by atoms with Crippen LogP contribution in [0, 0.1) is 0 Å². The minimum Gasteiger partial charge on any atom is -0.454 e. The lowest BCUT2D eigenvalue weighted by molar-refractivity contribution is 0.174. The van der Waals surface area contributed by atoms with Gasteiger partial charge in [0.15, 0.2) is 11.5 Å². The normalized spacial score (nSPS) is 12.3. The highest BCUT2D eigenvalue weighted by Crippen LogP contribution is 2.35. The summed E-state index contributed by atoms with van der Waals surface area (Å²) in [5.41, 5.74) is 6.47. The Balaban J connectivity index is 1.86. The van der Waals surface area contributed by atoms with Crippen molar-refractivity contribution in [3.05, 3.63) is 24.3 Å². The van der Waals surface area contributed by atoms with Crippen LogP contribution in [0.15, 0.2) is 24.3 Å². The standard InChI is InChI=1S/C12H13N5O2/c1-14-10-5-11(17-12(13)16-10)15-7-2-3-8-9(4-7)19-6-18-8/h2-5H,6H2,1H3,(H4,13,14,15,16,17). The van der Waals surface area contributed by atoms with Gasteiger partial charge in [0.05, 0.1) is 0 Å². The highest BCUT2D eigenvalue weighted by molar-refractivity contribution is 5.64. The highest BCUT2D eigenvalue weighted by Gasteiger charge is 2.13. The van der Waals surface area contributed by atoms with Crippen molar-refractivity contribution in [2.24, 2.45) is 0 Å². The molecule has 7 heteroatoms. The molecule has 2 heterocycles. The molecule has 98 valence electrons. The number of hydrogen-bond donors (Lipinski definition) is 3. The fourth-order valence-corrected chi connectivity index (χ4v) is 1.78. The van der Waals surface area contributed by atoms with Crippen molar-refractivity contribution in [2.45, 2.75) is 0 Å². The predicted octanol–water partition coefficient (Wildman–Crippen LogP) is 1.57. The van der Waals surface area contributed by atoms with E-state index in [0.717, 1.165) is 11.4 Å². The molecule has 0 bridgehead atoms. The number of nitrogens with two attached hydrogens (primary N) is 1. The first kappa shape index (κ1) is 11.4. The third kappa shape index (κ3) is 2.30. The van der Waals surface area contributed by atoms with Crippen molar-refractivity contribution >= 4 is 23.3 Å². The molecule has 1 aromatic carbocycles. The van der Waals surface area contributed by atoms with Crippen molar-refractivity contribution in [3.63, 3.8) is 0 Å². The van der Waals surface area contributed by atoms with E-state index in [2.05, 4.69) is 20.6 Å². The van der Waals surface area contributed by atoms with Gasteiger partial charge in [-0.1, -0.05) is 0 Å². The molecule has 0 unspecified atom stereocenters. The van der Waals surface area contributed by atoms with Crippen LogP contribution in [-0.2, 0) is 0 Å². The summed E-state index contributed by atoms with van der Waals surface area (Å²) in [6.07, 6.45) is 0. The first-order valence-electron chi connectivity index (χ1n) is 5.73. The molecule has 19 heavy (non-hydrogen) atoms. The molecular formula is C12H13N5O2. The molecule has 1 aliphatic rings. The lowest BCUT2D eigenvalue weighted by atomic mass is 10.3. The van der Waals surface area contributed by atoms with Crippen molar-refractivity contribution < 1.29 is 9.47 Å². The molecule has 0 fully saturated rings. The maximum atomic E-state index is 5.63. The molecular weight excluding hydrogens is 246 g/mol. The Morgan fingerprint density at radius 2 is 1.89 bits per heavy atom. The van der Waals surface area contributed by atoms with Crippen molar-refractivity contribution in [2.75, 3.05) is 30.2 Å². The molecule has 0 radical (unpaired) electrons. The second-order valence-corrected chi connectivity index (χ2v) is 3.94. The number of nitrogens with one attached hydrogen (secondary N) is 2. The first-order valence-corrected chi connectivity index (χ1v) is 5.73. The lowest BCUT2D eigenvalue weighted by Crippen LogP contribution is -2.03. The van der Waals surface area contributed by atoms with E-state index in [1.54, 1.807) is 13.1 Å². The van der Waals surface area contributed by atoms with Crippen LogP contribution in [-0.4, -0.2) is 23.8 Å². The Bertz CT molecular complexity index is 617. The SMILES string of the molecule is CNc1cc(Nc2ccc3c(c2)OCO3)nc(N)n1. The van der Waals surface area contributed by atoms with Crippen LogP contribution < -0.4 is 25.8 Å². The van der Waals surface area contributed by atoms with Crippen LogP contribution in [0.1, 0.15) is 0 Å². The van der Waals surface area contributed by atoms with Gasteiger partial charge in [0.1, 0.15) is 11.6 Å². The van der Waals surface area contributed by atoms with Gasteiger partial charge in [-0.2, -0.15) is 9.97 Å². The zero-order chi connectivity index (χ0) is 13.2. The fourth-order valence-electron chi connectivity index (χ4n) is 1.78. The van der Waals surface area contributed by atoms with Gasteiger partial charge < -0.3 is 25.8 Å². The molecule has 1 aliphatic heterocycles. The quantitative estimate of drug-likeness (QED) is 0.770. The molecule has 0 aliphatic carbocycles. The Kier molecular flexibility index (Phi) is 2.71. The smallest absolute Gasteiger partial charge is 0.231 e. The van der Waals surface area contributed by atoms with E-state index in [9.17, 15) is 0 Å². The minimum absolute atomic E-state index is 0.204. The van der Waals surface area contributed by atoms with Gasteiger partial charge in [-0.15, -0.1) is 0 Å². The van der Waals surface area contributed by atoms with E-state index in [-0.39, 0.29) is 12.7 Å². The van der Waals surface area contributed by atoms with Crippen LogP contribution in [0.25, 0.3) is 0 Å². The summed E-state index contributed by atoms with van der Waals surface area (Å²) in [5.74, 6) is 2.91. The lowest BCUT2D eigenvalue weighted by Gasteiger charge is -2.08. The Morgan fingerprint density at radius 3 is 2.74 bits per heavy atom. The summed E-state index contributed by atoms with van der Waals surface area (Å²) in [7, 11) is 1.77. The van der Waals surface area contributed by atoms with E-state index in [4.69, 9.17) is 15.2 Å². The van der Waals surface area contributed by atoms with E-state index < -0.39 is 0 Å². The first-order chi connectivity index (χ1) is 9.24. The molecule has 0 amide bonds. The molecule has 2 aromatic rings. The van der Waals surface area contributed by atoms with E-state index in [1.165, 1.54) is 0 Å². The van der Waals surface area contributed by atoms with Gasteiger partial charge >= 0.3 is 0 Å². The molecule has 4 N–H and O–H groups in total. The number of nitrogens with zero attached hydrogens (tertiary/aromatic N) is 2. The largest absolute Gasteiger partial charge is 0.454 e. The predicted molar refractivity (Wildman–Crippen MR) is 71.8 cm³/mol. The number of benzene rings is 1. The monoisotopic (exact) mass is 259 g/mol. The number of ether oxygens (including phenoxy) is 2. The number of anilines is 4. The van der Waals surface area contributed by atoms with Crippen molar-refractivity contribution in [3.8, 4) is 11.5 Å². The molecule has 7 nitrogen and oxygen atoms in total. The summed E-state index contributed by atoms with van der Waals surface area (Å²) in [6.45, 7) is 0.253. The average Bonchev–Trinajstić information content (AvgIpc) is 2.85. The maximum absolute atomic E-state index is 5.63. The van der Waals surface area contributed by atoms with Crippen LogP contribution in [0.2, 0.25) is 0 Å². The molecule has 0 saturated carbocycles. The molecule has 0 atom stereocenters. The molecule has 0 saturated heterocycles. The third-order valence-corrected chi connectivity index (χ3v) is 2.64. The Hall–Kier alpha value is -2.70. The van der Waals surface area contributed by atoms with Gasteiger partial charge in [-0.05, 0) is 12.1 Å². The second kappa shape index (κ2) is 4.52. The number of fused-ring (bicyclic) bond motifs is 1. The third-order valence-electron chi connectivity index (χ3n) is 2.64. The van der Waals surface area contributed by atoms with Gasteiger partial charge in [-0.3, -0.25) is 0 Å². The highest BCUT2D eigenvalue weighted by atomic mass is 16.7. The van der Waals surface area contributed by atoms with Crippen LogP contribution >= 0.6 is 0 Å². The van der Waals surface area contributed by atoms with Crippen LogP contribution in [0.3, 0.4) is 0 Å². The van der Waals surface area contributed by atoms with Gasteiger partial charge in [0.2, 0.25) is 12.7 Å². The zero-order valence-electron chi connectivity index (χ0n) is 10.3. The number of aromatic nitrogens is 2. The van der Waals surface area contributed by atoms with Crippen molar-refractivity contribution in [1.29, 1.82) is 0 Å².